The van der Waals surface area contributed by atoms with Crippen molar-refractivity contribution >= 4 is 54.2 Å². The fourth-order valence-corrected chi connectivity index (χ4v) is 6.92. The molecule has 0 aromatic heterocycles. The van der Waals surface area contributed by atoms with E-state index in [-0.39, 0.29) is 39.4 Å². The molecule has 2 heterocycles. The maximum Gasteiger partial charge on any atom is 0.424 e. The molecule has 2 aliphatic heterocycles. The lowest BCUT2D eigenvalue weighted by molar-refractivity contribution is 0.168. The molecule has 0 aliphatic carbocycles. The standard InChI is InChI=1S/C12H22N4O8S4/c1-13(27(19,20)15-3-7-23-11(15)17)5-9-25-26-10-6-14(2)28(21,22)16-4-8-24-12(16)18/h3-10H2,1-2H3. The van der Waals surface area contributed by atoms with Gasteiger partial charge in [-0.3, -0.25) is 0 Å². The molecule has 2 rings (SSSR count). The molecule has 2 aliphatic rings. The number of carbonyl (C=O) groups is 2. The maximum atomic E-state index is 12.2. The first-order valence-electron chi connectivity index (χ1n) is 8.14. The lowest BCUT2D eigenvalue weighted by atomic mass is 10.7. The number of rotatable bonds is 11. The van der Waals surface area contributed by atoms with Crippen LogP contribution >= 0.6 is 21.6 Å². The van der Waals surface area contributed by atoms with Crippen LogP contribution in [0.1, 0.15) is 0 Å². The Hall–Kier alpha value is -0.940. The van der Waals surface area contributed by atoms with E-state index in [0.29, 0.717) is 20.1 Å². The number of carbonyl (C=O) groups excluding carboxylic acids is 2. The summed E-state index contributed by atoms with van der Waals surface area (Å²) in [7, 11) is -2.29. The smallest absolute Gasteiger partial charge is 0.424 e. The Labute approximate surface area is 172 Å². The molecule has 28 heavy (non-hydrogen) atoms. The first kappa shape index (κ1) is 23.3. The highest BCUT2D eigenvalue weighted by Gasteiger charge is 2.37. The minimum Gasteiger partial charge on any atom is -0.447 e. The van der Waals surface area contributed by atoms with Crippen LogP contribution in [0.5, 0.6) is 0 Å². The van der Waals surface area contributed by atoms with Crippen LogP contribution in [-0.4, -0.2) is 111 Å². The van der Waals surface area contributed by atoms with Crippen molar-refractivity contribution in [3.8, 4) is 0 Å². The first-order chi connectivity index (χ1) is 13.1. The number of ether oxygens (including phenoxy) is 2. The van der Waals surface area contributed by atoms with E-state index in [2.05, 4.69) is 9.47 Å². The van der Waals surface area contributed by atoms with Gasteiger partial charge in [-0.2, -0.15) is 34.1 Å². The van der Waals surface area contributed by atoms with Gasteiger partial charge < -0.3 is 9.47 Å². The molecular formula is C12H22N4O8S4. The van der Waals surface area contributed by atoms with E-state index in [9.17, 15) is 26.4 Å². The van der Waals surface area contributed by atoms with Gasteiger partial charge >= 0.3 is 32.6 Å². The largest absolute Gasteiger partial charge is 0.447 e. The van der Waals surface area contributed by atoms with Gasteiger partial charge in [0.25, 0.3) is 0 Å². The molecule has 16 heteroatoms. The van der Waals surface area contributed by atoms with Crippen molar-refractivity contribution in [2.45, 2.75) is 0 Å². The van der Waals surface area contributed by atoms with E-state index in [4.69, 9.17) is 0 Å². The third-order valence-corrected chi connectivity index (χ3v) is 9.94. The Balaban J connectivity index is 1.67. The molecule has 2 amide bonds. The minimum absolute atomic E-state index is 0.00122. The number of nitrogens with zero attached hydrogens (tertiary/aromatic N) is 4. The Kier molecular flexibility index (Phi) is 8.09. The predicted molar refractivity (Wildman–Crippen MR) is 104 cm³/mol. The number of amides is 2. The van der Waals surface area contributed by atoms with Crippen molar-refractivity contribution in [2.75, 3.05) is 65.0 Å². The molecule has 0 bridgehead atoms. The molecule has 0 aromatic carbocycles. The number of hydrogen-bond acceptors (Lipinski definition) is 10. The molecule has 162 valence electrons. The van der Waals surface area contributed by atoms with Crippen LogP contribution in [0.25, 0.3) is 0 Å². The lowest BCUT2D eigenvalue weighted by Crippen LogP contribution is -2.43. The highest BCUT2D eigenvalue weighted by molar-refractivity contribution is 8.76. The van der Waals surface area contributed by atoms with Gasteiger partial charge in [0, 0.05) is 38.7 Å². The van der Waals surface area contributed by atoms with Gasteiger partial charge in [-0.05, 0) is 0 Å². The molecular weight excluding hydrogens is 456 g/mol. The minimum atomic E-state index is -3.90. The van der Waals surface area contributed by atoms with Crippen LogP contribution in [0.2, 0.25) is 0 Å². The second kappa shape index (κ2) is 9.71. The lowest BCUT2D eigenvalue weighted by Gasteiger charge is -2.22. The summed E-state index contributed by atoms with van der Waals surface area (Å²) in [4.78, 5) is 22.8. The fraction of sp³-hybridized carbons (Fsp3) is 0.833. The van der Waals surface area contributed by atoms with Crippen LogP contribution < -0.4 is 0 Å². The Morgan fingerprint density at radius 3 is 1.46 bits per heavy atom. The van der Waals surface area contributed by atoms with Gasteiger partial charge in [0.2, 0.25) is 0 Å². The van der Waals surface area contributed by atoms with Gasteiger partial charge in [-0.15, -0.1) is 0 Å². The molecule has 0 aromatic rings. The van der Waals surface area contributed by atoms with Crippen LogP contribution in [0.3, 0.4) is 0 Å². The molecule has 0 saturated carbocycles. The second-order valence-corrected chi connectivity index (χ2v) is 12.3. The van der Waals surface area contributed by atoms with Gasteiger partial charge in [0.1, 0.15) is 13.2 Å². The van der Waals surface area contributed by atoms with Crippen molar-refractivity contribution in [2.24, 2.45) is 0 Å². The molecule has 0 radical (unpaired) electrons. The SMILES string of the molecule is CN(CCSSCCN(C)S(=O)(=O)N1CCOC1=O)S(=O)(=O)N1CCOC1=O. The predicted octanol–water partition coefficient (Wildman–Crippen LogP) is -0.375. The van der Waals surface area contributed by atoms with Crippen molar-refractivity contribution in [1.29, 1.82) is 0 Å². The molecule has 0 atom stereocenters. The Morgan fingerprint density at radius 1 is 0.821 bits per heavy atom. The number of cyclic esters (lactones) is 2. The molecule has 0 N–H and O–H groups in total. The molecule has 12 nitrogen and oxygen atoms in total. The van der Waals surface area contributed by atoms with E-state index in [1.54, 1.807) is 0 Å². The summed E-state index contributed by atoms with van der Waals surface area (Å²) in [5.74, 6) is 0.885. The summed E-state index contributed by atoms with van der Waals surface area (Å²) in [6.07, 6.45) is -1.75. The van der Waals surface area contributed by atoms with Gasteiger partial charge in [0.05, 0.1) is 13.1 Å². The average molecular weight is 479 g/mol. The fourth-order valence-electron chi connectivity index (χ4n) is 2.19. The normalized spacial score (nSPS) is 18.3. The zero-order valence-corrected chi connectivity index (χ0v) is 18.6. The van der Waals surface area contributed by atoms with Crippen molar-refractivity contribution in [3.05, 3.63) is 0 Å². The summed E-state index contributed by atoms with van der Waals surface area (Å²) in [5.41, 5.74) is 0. The highest BCUT2D eigenvalue weighted by Crippen LogP contribution is 2.23. The van der Waals surface area contributed by atoms with Crippen LogP contribution in [0.15, 0.2) is 0 Å². The molecule has 0 unspecified atom stereocenters. The van der Waals surface area contributed by atoms with E-state index >= 15 is 0 Å². The van der Waals surface area contributed by atoms with E-state index in [0.717, 1.165) is 8.61 Å². The van der Waals surface area contributed by atoms with Gasteiger partial charge in [-0.1, -0.05) is 21.6 Å². The summed E-state index contributed by atoms with van der Waals surface area (Å²) < 4.78 is 61.7. The Morgan fingerprint density at radius 2 is 1.18 bits per heavy atom. The molecule has 2 fully saturated rings. The third kappa shape index (κ3) is 5.35. The second-order valence-electron chi connectivity index (χ2n) is 5.68. The van der Waals surface area contributed by atoms with E-state index < -0.39 is 32.6 Å². The zero-order valence-electron chi connectivity index (χ0n) is 15.3. The van der Waals surface area contributed by atoms with Crippen molar-refractivity contribution in [1.82, 2.24) is 17.2 Å². The maximum absolute atomic E-state index is 12.2. The quantitative estimate of drug-likeness (QED) is 0.286. The Bertz CT molecular complexity index is 723. The van der Waals surface area contributed by atoms with Crippen molar-refractivity contribution < 1.29 is 35.9 Å². The molecule has 2 saturated heterocycles. The van der Waals surface area contributed by atoms with Crippen molar-refractivity contribution in [3.63, 3.8) is 0 Å². The van der Waals surface area contributed by atoms with Gasteiger partial charge in [-0.25, -0.2) is 9.59 Å². The van der Waals surface area contributed by atoms with E-state index in [1.807, 2.05) is 0 Å². The van der Waals surface area contributed by atoms with Crippen LogP contribution in [0.4, 0.5) is 9.59 Å². The highest BCUT2D eigenvalue weighted by atomic mass is 33.1. The van der Waals surface area contributed by atoms with Crippen LogP contribution in [0, 0.1) is 0 Å². The van der Waals surface area contributed by atoms with E-state index in [1.165, 1.54) is 35.7 Å². The zero-order chi connectivity index (χ0) is 20.9. The number of hydrogen-bond donors (Lipinski definition) is 0. The first-order valence-corrected chi connectivity index (χ1v) is 13.4. The monoisotopic (exact) mass is 478 g/mol. The summed E-state index contributed by atoms with van der Waals surface area (Å²) in [5, 5.41) is 0. The topological polar surface area (TPSA) is 134 Å². The molecule has 0 spiro atoms. The van der Waals surface area contributed by atoms with Gasteiger partial charge in [0.15, 0.2) is 0 Å². The third-order valence-electron chi connectivity index (χ3n) is 3.85. The van der Waals surface area contributed by atoms with Crippen LogP contribution in [-0.2, 0) is 29.9 Å². The average Bonchev–Trinajstić information content (AvgIpc) is 3.26. The summed E-state index contributed by atoms with van der Waals surface area (Å²) in [6.45, 7) is 0.441. The summed E-state index contributed by atoms with van der Waals surface area (Å²) in [6, 6.07) is 0. The summed E-state index contributed by atoms with van der Waals surface area (Å²) >= 11 is 0.